The summed E-state index contributed by atoms with van der Waals surface area (Å²) in [7, 11) is 0. The van der Waals surface area contributed by atoms with Crippen LogP contribution in [0.5, 0.6) is 0 Å². The highest BCUT2D eigenvalue weighted by Gasteiger charge is 2.13. The third kappa shape index (κ3) is 3.64. The minimum absolute atomic E-state index is 0.209. The molecule has 0 amide bonds. The van der Waals surface area contributed by atoms with Crippen molar-refractivity contribution in [1.82, 2.24) is 5.06 Å². The molecule has 0 bridgehead atoms. The monoisotopic (exact) mass is 349 g/mol. The van der Waals surface area contributed by atoms with E-state index in [0.717, 1.165) is 29.8 Å². The van der Waals surface area contributed by atoms with Crippen LogP contribution in [-0.2, 0) is 11.4 Å². The summed E-state index contributed by atoms with van der Waals surface area (Å²) in [6, 6.07) is 17.5. The van der Waals surface area contributed by atoms with E-state index in [-0.39, 0.29) is 5.82 Å². The van der Waals surface area contributed by atoms with Crippen LogP contribution in [-0.4, -0.2) is 18.2 Å². The SMILES string of the molecule is Cc1cccc2cc(CON3CCCCC3)cc(-c3ccc(F)cc3)c12. The fourth-order valence-corrected chi connectivity index (χ4v) is 3.78. The van der Waals surface area contributed by atoms with Crippen LogP contribution in [0.4, 0.5) is 4.39 Å². The van der Waals surface area contributed by atoms with Crippen molar-refractivity contribution < 1.29 is 9.23 Å². The first kappa shape index (κ1) is 17.2. The molecule has 0 aliphatic carbocycles. The molecule has 0 aromatic heterocycles. The van der Waals surface area contributed by atoms with E-state index in [1.807, 2.05) is 12.1 Å². The minimum atomic E-state index is -0.209. The van der Waals surface area contributed by atoms with Gasteiger partial charge in [0.15, 0.2) is 0 Å². The normalized spacial score (nSPS) is 15.5. The zero-order valence-corrected chi connectivity index (χ0v) is 15.2. The second-order valence-corrected chi connectivity index (χ2v) is 7.09. The van der Waals surface area contributed by atoms with E-state index in [1.54, 1.807) is 0 Å². The lowest BCUT2D eigenvalue weighted by Gasteiger charge is -2.25. The molecule has 3 heteroatoms. The Bertz CT molecular complexity index is 898. The van der Waals surface area contributed by atoms with Gasteiger partial charge in [0.2, 0.25) is 0 Å². The van der Waals surface area contributed by atoms with Crippen LogP contribution < -0.4 is 0 Å². The van der Waals surface area contributed by atoms with E-state index in [4.69, 9.17) is 4.84 Å². The van der Waals surface area contributed by atoms with Gasteiger partial charge in [-0.2, -0.15) is 5.06 Å². The topological polar surface area (TPSA) is 12.5 Å². The molecule has 3 aromatic rings. The summed E-state index contributed by atoms with van der Waals surface area (Å²) >= 11 is 0. The van der Waals surface area contributed by atoms with Crippen LogP contribution in [0, 0.1) is 12.7 Å². The zero-order chi connectivity index (χ0) is 17.9. The summed E-state index contributed by atoms with van der Waals surface area (Å²) in [5.41, 5.74) is 4.54. The first-order valence-corrected chi connectivity index (χ1v) is 9.37. The van der Waals surface area contributed by atoms with E-state index in [2.05, 4.69) is 42.3 Å². The maximum atomic E-state index is 13.4. The maximum absolute atomic E-state index is 13.4. The average molecular weight is 349 g/mol. The van der Waals surface area contributed by atoms with Gasteiger partial charge in [-0.15, -0.1) is 0 Å². The molecule has 0 radical (unpaired) electrons. The Balaban J connectivity index is 1.71. The third-order valence-corrected chi connectivity index (χ3v) is 5.13. The molecule has 1 aliphatic rings. The lowest BCUT2D eigenvalue weighted by atomic mass is 9.93. The fourth-order valence-electron chi connectivity index (χ4n) is 3.78. The quantitative estimate of drug-likeness (QED) is 0.584. The van der Waals surface area contributed by atoms with Crippen LogP contribution in [0.3, 0.4) is 0 Å². The van der Waals surface area contributed by atoms with E-state index < -0.39 is 0 Å². The molecule has 0 saturated carbocycles. The molecule has 0 atom stereocenters. The number of hydrogen-bond acceptors (Lipinski definition) is 2. The van der Waals surface area contributed by atoms with Crippen LogP contribution in [0.25, 0.3) is 21.9 Å². The van der Waals surface area contributed by atoms with Gasteiger partial charge in [-0.25, -0.2) is 4.39 Å². The van der Waals surface area contributed by atoms with Gasteiger partial charge in [-0.05, 0) is 77.1 Å². The summed E-state index contributed by atoms with van der Waals surface area (Å²) in [5, 5.41) is 4.51. The van der Waals surface area contributed by atoms with Crippen molar-refractivity contribution in [3.63, 3.8) is 0 Å². The number of benzene rings is 3. The van der Waals surface area contributed by atoms with Crippen molar-refractivity contribution in [2.45, 2.75) is 32.8 Å². The largest absolute Gasteiger partial charge is 0.294 e. The molecule has 0 unspecified atom stereocenters. The van der Waals surface area contributed by atoms with Crippen LogP contribution >= 0.6 is 0 Å². The molecule has 1 fully saturated rings. The molecule has 3 aromatic carbocycles. The molecule has 1 heterocycles. The van der Waals surface area contributed by atoms with Gasteiger partial charge >= 0.3 is 0 Å². The fraction of sp³-hybridized carbons (Fsp3) is 0.304. The Kier molecular flexibility index (Phi) is 5.00. The van der Waals surface area contributed by atoms with E-state index >= 15 is 0 Å². The highest BCUT2D eigenvalue weighted by atomic mass is 19.1. The van der Waals surface area contributed by atoms with E-state index in [0.29, 0.717) is 6.61 Å². The number of aryl methyl sites for hydroxylation is 1. The highest BCUT2D eigenvalue weighted by Crippen LogP contribution is 2.33. The van der Waals surface area contributed by atoms with Gasteiger partial charge in [0.05, 0.1) is 6.61 Å². The van der Waals surface area contributed by atoms with Gasteiger partial charge in [0.1, 0.15) is 5.82 Å². The number of halogens is 1. The van der Waals surface area contributed by atoms with E-state index in [9.17, 15) is 4.39 Å². The number of fused-ring (bicyclic) bond motifs is 1. The van der Waals surface area contributed by atoms with Gasteiger partial charge < -0.3 is 0 Å². The zero-order valence-electron chi connectivity index (χ0n) is 15.2. The lowest BCUT2D eigenvalue weighted by Crippen LogP contribution is -2.29. The van der Waals surface area contributed by atoms with Crippen LogP contribution in [0.2, 0.25) is 0 Å². The predicted octanol–water partition coefficient (Wildman–Crippen LogP) is 5.87. The molecular weight excluding hydrogens is 325 g/mol. The van der Waals surface area contributed by atoms with Crippen molar-refractivity contribution in [3.8, 4) is 11.1 Å². The van der Waals surface area contributed by atoms with Gasteiger partial charge in [0, 0.05) is 13.1 Å². The Morgan fingerprint density at radius 3 is 2.50 bits per heavy atom. The minimum Gasteiger partial charge on any atom is -0.294 e. The Labute approximate surface area is 154 Å². The molecule has 26 heavy (non-hydrogen) atoms. The summed E-state index contributed by atoms with van der Waals surface area (Å²) in [6.07, 6.45) is 3.71. The number of rotatable bonds is 4. The first-order chi connectivity index (χ1) is 12.7. The summed E-state index contributed by atoms with van der Waals surface area (Å²) in [5.74, 6) is -0.209. The van der Waals surface area contributed by atoms with Gasteiger partial charge in [-0.3, -0.25) is 4.84 Å². The van der Waals surface area contributed by atoms with Crippen molar-refractivity contribution in [2.24, 2.45) is 0 Å². The van der Waals surface area contributed by atoms with Crippen molar-refractivity contribution in [1.29, 1.82) is 0 Å². The highest BCUT2D eigenvalue weighted by molar-refractivity contribution is 5.99. The van der Waals surface area contributed by atoms with Gasteiger partial charge in [-0.1, -0.05) is 36.8 Å². The average Bonchev–Trinajstić information content (AvgIpc) is 2.67. The second kappa shape index (κ2) is 7.56. The summed E-state index contributed by atoms with van der Waals surface area (Å²) < 4.78 is 13.4. The van der Waals surface area contributed by atoms with Crippen LogP contribution in [0.15, 0.2) is 54.6 Å². The van der Waals surface area contributed by atoms with Crippen molar-refractivity contribution >= 4 is 10.8 Å². The standard InChI is InChI=1S/C23H24FNO/c1-17-6-5-7-20-14-18(16-26-25-12-3-2-4-13-25)15-22(23(17)20)19-8-10-21(24)11-9-19/h5-11,14-15H,2-4,12-13,16H2,1H3. The summed E-state index contributed by atoms with van der Waals surface area (Å²) in [4.78, 5) is 6.03. The van der Waals surface area contributed by atoms with Crippen molar-refractivity contribution in [2.75, 3.05) is 13.1 Å². The van der Waals surface area contributed by atoms with E-state index in [1.165, 1.54) is 47.7 Å². The predicted molar refractivity (Wildman–Crippen MR) is 104 cm³/mol. The lowest BCUT2D eigenvalue weighted by molar-refractivity contribution is -0.178. The summed E-state index contributed by atoms with van der Waals surface area (Å²) in [6.45, 7) is 4.71. The Morgan fingerprint density at radius 2 is 1.73 bits per heavy atom. The number of nitrogens with zero attached hydrogens (tertiary/aromatic N) is 1. The maximum Gasteiger partial charge on any atom is 0.123 e. The number of hydrogen-bond donors (Lipinski definition) is 0. The number of hydroxylamine groups is 2. The Morgan fingerprint density at radius 1 is 0.962 bits per heavy atom. The molecule has 0 spiro atoms. The molecule has 2 nitrogen and oxygen atoms in total. The molecular formula is C23H24FNO. The molecule has 4 rings (SSSR count). The second-order valence-electron chi connectivity index (χ2n) is 7.09. The first-order valence-electron chi connectivity index (χ1n) is 9.37. The third-order valence-electron chi connectivity index (χ3n) is 5.13. The van der Waals surface area contributed by atoms with Gasteiger partial charge in [0.25, 0.3) is 0 Å². The van der Waals surface area contributed by atoms with Crippen LogP contribution in [0.1, 0.15) is 30.4 Å². The number of piperidine rings is 1. The molecule has 1 aliphatic heterocycles. The molecule has 0 N–H and O–H groups in total. The Hall–Kier alpha value is -2.23. The molecule has 1 saturated heterocycles. The molecule has 134 valence electrons. The van der Waals surface area contributed by atoms with Crippen molar-refractivity contribution in [3.05, 3.63) is 71.5 Å². The smallest absolute Gasteiger partial charge is 0.123 e.